The number of ether oxygens (including phenoxy) is 5. The number of anilines is 1. The lowest BCUT2D eigenvalue weighted by Crippen LogP contribution is -2.44. The van der Waals surface area contributed by atoms with E-state index in [1.807, 2.05) is 0 Å². The zero-order valence-electron chi connectivity index (χ0n) is 27.7. The van der Waals surface area contributed by atoms with Crippen molar-refractivity contribution in [3.05, 3.63) is 17.8 Å². The molecule has 0 aliphatic carbocycles. The second-order valence-corrected chi connectivity index (χ2v) is 15.3. The highest BCUT2D eigenvalue weighted by atomic mass is 32.7. The number of nitrogens with one attached hydrogen (secondary N) is 2. The van der Waals surface area contributed by atoms with Crippen LogP contribution in [0.25, 0.3) is 11.2 Å². The summed E-state index contributed by atoms with van der Waals surface area (Å²) in [5, 5.41) is 28.5. The summed E-state index contributed by atoms with van der Waals surface area (Å²) in [6, 6.07) is -2.47. The quantitative estimate of drug-likeness (QED) is 0.0990. The maximum atomic E-state index is 14.1. The summed E-state index contributed by atoms with van der Waals surface area (Å²) in [5.74, 6) is -1.61. The number of nitrogen functional groups attached to an aromatic ring is 1. The number of aliphatic hydroxyl groups is 2. The minimum absolute atomic E-state index is 0.0815. The van der Waals surface area contributed by atoms with E-state index in [0.29, 0.717) is 11.4 Å². The lowest BCUT2D eigenvalue weighted by atomic mass is 9.96. The molecule has 1 aliphatic heterocycles. The average Bonchev–Trinajstić information content (AvgIpc) is 3.51. The summed E-state index contributed by atoms with van der Waals surface area (Å²) >= 11 is 0.553. The number of rotatable bonds is 15. The highest BCUT2D eigenvalue weighted by Gasteiger charge is 2.54. The smallest absolute Gasteiger partial charge is 0.407 e. The Hall–Kier alpha value is -3.52. The van der Waals surface area contributed by atoms with Gasteiger partial charge in [0.25, 0.3) is 0 Å². The van der Waals surface area contributed by atoms with Crippen molar-refractivity contribution in [2.45, 2.75) is 89.9 Å². The van der Waals surface area contributed by atoms with Crippen LogP contribution in [-0.4, -0.2) is 111 Å². The second kappa shape index (κ2) is 16.3. The Morgan fingerprint density at radius 1 is 1.17 bits per heavy atom. The number of hydrogen-bond donors (Lipinski definition) is 5. The molecule has 0 radical (unpaired) electrons. The van der Waals surface area contributed by atoms with Gasteiger partial charge in [-0.15, -0.1) is 0 Å². The van der Waals surface area contributed by atoms with Crippen LogP contribution in [-0.2, 0) is 37.6 Å². The number of aliphatic hydroxyl groups excluding tert-OH is 1. The van der Waals surface area contributed by atoms with Crippen LogP contribution in [0, 0.1) is 0 Å². The molecule has 21 heteroatoms. The summed E-state index contributed by atoms with van der Waals surface area (Å²) < 4.78 is 47.3. The first-order valence-corrected chi connectivity index (χ1v) is 17.8. The van der Waals surface area contributed by atoms with Gasteiger partial charge in [-0.2, -0.15) is 9.97 Å². The molecule has 0 bridgehead atoms. The number of methoxy groups -OCH3 is 2. The standard InChI is InChI=1S/C27H42N7O12PS/c1-13(2)44-22(36)15(5)33-47(40,48-10-9-16(30-26(38)42-8)23(37)45-14(3)4)43-11-17-19(35)27(6,39)24(46-17)34-12-29-18-20(34)31-25(28)32-21(18)41-7/h9-10,12-17,19,24,35,39H,11H2,1-8H3,(H,30,38)(H,33,40)(H2,28,31,32)/b10-9+/t15-,16-,17?,19+,24?,27+,47?/m0/s1. The van der Waals surface area contributed by atoms with E-state index in [1.54, 1.807) is 27.7 Å². The minimum atomic E-state index is -4.15. The van der Waals surface area contributed by atoms with Crippen LogP contribution >= 0.6 is 18.1 Å². The predicted octanol–water partition coefficient (Wildman–Crippen LogP) is 1.40. The van der Waals surface area contributed by atoms with Crippen molar-refractivity contribution in [1.82, 2.24) is 29.9 Å². The van der Waals surface area contributed by atoms with E-state index in [1.165, 1.54) is 43.3 Å². The third kappa shape index (κ3) is 9.55. The van der Waals surface area contributed by atoms with E-state index in [9.17, 15) is 29.2 Å². The van der Waals surface area contributed by atoms with Crippen LogP contribution in [0.4, 0.5) is 10.7 Å². The molecule has 2 aromatic heterocycles. The van der Waals surface area contributed by atoms with Crippen LogP contribution in [0.15, 0.2) is 17.8 Å². The number of nitrogens with zero attached hydrogens (tertiary/aromatic N) is 4. The van der Waals surface area contributed by atoms with Gasteiger partial charge in [-0.25, -0.2) is 19.7 Å². The van der Waals surface area contributed by atoms with E-state index < -0.39 is 79.7 Å². The molecule has 0 aromatic carbocycles. The van der Waals surface area contributed by atoms with Gasteiger partial charge in [0.2, 0.25) is 11.8 Å². The molecule has 3 heterocycles. The molecule has 0 spiro atoms. The summed E-state index contributed by atoms with van der Waals surface area (Å²) in [7, 11) is 2.48. The van der Waals surface area contributed by atoms with Crippen LogP contribution in [0.3, 0.4) is 0 Å². The van der Waals surface area contributed by atoms with Gasteiger partial charge in [0.15, 0.2) is 17.4 Å². The highest BCUT2D eigenvalue weighted by Crippen LogP contribution is 2.57. The zero-order chi connectivity index (χ0) is 36.0. The number of imidazole rings is 1. The fraction of sp³-hybridized carbons (Fsp3) is 0.630. The van der Waals surface area contributed by atoms with E-state index in [2.05, 4.69) is 30.1 Å². The largest absolute Gasteiger partial charge is 0.479 e. The van der Waals surface area contributed by atoms with Crippen molar-refractivity contribution in [3.63, 3.8) is 0 Å². The molecule has 1 fully saturated rings. The molecule has 1 amide bonds. The van der Waals surface area contributed by atoms with Crippen LogP contribution in [0.5, 0.6) is 5.88 Å². The SMILES string of the molecule is COC(=O)N[C@@H](/C=C/SP(=O)(N[C@@H](C)C(=O)OC(C)C)OCC1OC(n2cnc3c(OC)nc(N)nc32)[C@](C)(O)[C@@H]1O)C(=O)OC(C)C. The highest BCUT2D eigenvalue weighted by molar-refractivity contribution is 8.57. The van der Waals surface area contributed by atoms with Crippen molar-refractivity contribution in [3.8, 4) is 5.88 Å². The fourth-order valence-electron chi connectivity index (χ4n) is 4.36. The maximum absolute atomic E-state index is 14.1. The van der Waals surface area contributed by atoms with Gasteiger partial charge in [0.1, 0.15) is 29.9 Å². The molecule has 1 saturated heterocycles. The number of fused-ring (bicyclic) bond motifs is 1. The molecule has 7 atom stereocenters. The topological polar surface area (TPSA) is 258 Å². The van der Waals surface area contributed by atoms with E-state index in [4.69, 9.17) is 29.2 Å². The average molecular weight is 720 g/mol. The Balaban J connectivity index is 1.86. The van der Waals surface area contributed by atoms with Crippen LogP contribution < -0.4 is 20.9 Å². The van der Waals surface area contributed by atoms with E-state index in [-0.39, 0.29) is 23.0 Å². The van der Waals surface area contributed by atoms with Crippen LogP contribution in [0.1, 0.15) is 47.8 Å². The van der Waals surface area contributed by atoms with Gasteiger partial charge in [0.05, 0.1) is 39.4 Å². The molecule has 3 unspecified atom stereocenters. The minimum Gasteiger partial charge on any atom is -0.479 e. The second-order valence-electron chi connectivity index (χ2n) is 11.3. The maximum Gasteiger partial charge on any atom is 0.407 e. The number of carbonyl (C=O) groups excluding carboxylic acids is 3. The Bertz CT molecular complexity index is 1540. The Kier molecular flexibility index (Phi) is 13.2. The number of hydrogen-bond acceptors (Lipinski definition) is 17. The molecular formula is C27H42N7O12PS. The van der Waals surface area contributed by atoms with Gasteiger partial charge >= 0.3 is 24.8 Å². The number of nitrogens with two attached hydrogens (primary N) is 1. The molecule has 0 saturated carbocycles. The van der Waals surface area contributed by atoms with Crippen molar-refractivity contribution < 1.29 is 57.4 Å². The molecule has 2 aromatic rings. The Labute approximate surface area is 280 Å². The Morgan fingerprint density at radius 2 is 1.81 bits per heavy atom. The summed E-state index contributed by atoms with van der Waals surface area (Å²) in [6.45, 7) is 4.54. The van der Waals surface area contributed by atoms with Crippen molar-refractivity contribution in [1.29, 1.82) is 0 Å². The first-order valence-electron chi connectivity index (χ1n) is 14.6. The third-order valence-corrected chi connectivity index (χ3v) is 10.2. The molecule has 48 heavy (non-hydrogen) atoms. The number of carbonyl (C=O) groups is 3. The number of esters is 2. The van der Waals surface area contributed by atoms with Gasteiger partial charge in [0, 0.05) is 0 Å². The van der Waals surface area contributed by atoms with E-state index >= 15 is 0 Å². The van der Waals surface area contributed by atoms with Gasteiger partial charge in [-0.3, -0.25) is 13.9 Å². The number of alkyl carbamates (subject to hydrolysis) is 1. The number of aromatic nitrogens is 4. The zero-order valence-corrected chi connectivity index (χ0v) is 29.4. The summed E-state index contributed by atoms with van der Waals surface area (Å²) in [6.07, 6.45) is -3.53. The molecule has 6 N–H and O–H groups in total. The summed E-state index contributed by atoms with van der Waals surface area (Å²) in [5.41, 5.74) is 4.23. The van der Waals surface area contributed by atoms with E-state index in [0.717, 1.165) is 7.11 Å². The normalized spacial score (nSPS) is 23.6. The van der Waals surface area contributed by atoms with Crippen molar-refractivity contribution in [2.24, 2.45) is 0 Å². The lowest BCUT2D eigenvalue weighted by Gasteiger charge is -2.27. The predicted molar refractivity (Wildman–Crippen MR) is 171 cm³/mol. The fourth-order valence-corrected chi connectivity index (χ4v) is 7.58. The summed E-state index contributed by atoms with van der Waals surface area (Å²) in [4.78, 5) is 49.3. The van der Waals surface area contributed by atoms with Crippen molar-refractivity contribution >= 4 is 53.2 Å². The first kappa shape index (κ1) is 38.9. The lowest BCUT2D eigenvalue weighted by molar-refractivity contribution is -0.149. The van der Waals surface area contributed by atoms with Gasteiger partial charge in [-0.05, 0) is 64.4 Å². The van der Waals surface area contributed by atoms with Gasteiger partial charge < -0.3 is 49.5 Å². The molecular weight excluding hydrogens is 677 g/mol. The van der Waals surface area contributed by atoms with Gasteiger partial charge in [-0.1, -0.05) is 0 Å². The molecule has 1 aliphatic rings. The number of amides is 1. The van der Waals surface area contributed by atoms with Crippen LogP contribution in [0.2, 0.25) is 0 Å². The third-order valence-electron chi connectivity index (χ3n) is 6.61. The molecule has 19 nitrogen and oxygen atoms in total. The monoisotopic (exact) mass is 719 g/mol. The van der Waals surface area contributed by atoms with Crippen molar-refractivity contribution in [2.75, 3.05) is 26.6 Å². The first-order chi connectivity index (χ1) is 22.4. The Morgan fingerprint density at radius 3 is 2.42 bits per heavy atom. The molecule has 268 valence electrons. The molecule has 3 rings (SSSR count).